The lowest BCUT2D eigenvalue weighted by atomic mass is 10.7. The van der Waals surface area contributed by atoms with Gasteiger partial charge in [0.05, 0.1) is 0 Å². The van der Waals surface area contributed by atoms with Gasteiger partial charge in [-0.1, -0.05) is 30.0 Å². The lowest BCUT2D eigenvalue weighted by molar-refractivity contribution is -0.118. The number of carbonyl (C=O) groups is 1. The van der Waals surface area contributed by atoms with Crippen molar-refractivity contribution in [2.24, 2.45) is 0 Å². The molecule has 0 unspecified atom stereocenters. The lowest BCUT2D eigenvalue weighted by Crippen LogP contribution is -2.15. The Bertz CT molecular complexity index is 289. The minimum atomic E-state index is -0.532. The Hall–Kier alpha value is -0.660. The molecule has 0 saturated heterocycles. The number of hydrogen-bond donors (Lipinski definition) is 2. The molecule has 0 aromatic carbocycles. The Morgan fingerprint density at radius 3 is 3.08 bits per heavy atom. The number of hydrogen-bond acceptors (Lipinski definition) is 6. The van der Waals surface area contributed by atoms with Gasteiger partial charge in [0.15, 0.2) is 4.34 Å². The average molecular weight is 219 g/mol. The van der Waals surface area contributed by atoms with Crippen LogP contribution in [0, 0.1) is 0 Å². The van der Waals surface area contributed by atoms with Crippen molar-refractivity contribution in [3.63, 3.8) is 0 Å². The normalized spacial score (nSPS) is 10.0. The number of nitrogens with zero attached hydrogens (tertiary/aromatic N) is 2. The topological polar surface area (TPSA) is 75.1 Å². The van der Waals surface area contributed by atoms with Crippen LogP contribution in [0.2, 0.25) is 0 Å². The first-order chi connectivity index (χ1) is 6.26. The molecule has 1 aromatic heterocycles. The number of carbonyl (C=O) groups excluding carboxylic acids is 1. The minimum Gasteiger partial charge on any atom is -0.387 e. The summed E-state index contributed by atoms with van der Waals surface area (Å²) in [6, 6.07) is 0. The van der Waals surface area contributed by atoms with Crippen LogP contribution in [0.25, 0.3) is 0 Å². The molecule has 0 saturated carbocycles. The molecule has 0 aliphatic heterocycles. The number of rotatable bonds is 4. The highest BCUT2D eigenvalue weighted by atomic mass is 32.2. The highest BCUT2D eigenvalue weighted by molar-refractivity contribution is 8.01. The van der Waals surface area contributed by atoms with Crippen LogP contribution in [-0.4, -0.2) is 33.6 Å². The van der Waals surface area contributed by atoms with Gasteiger partial charge in [-0.15, -0.1) is 10.2 Å². The van der Waals surface area contributed by atoms with Crippen molar-refractivity contribution < 1.29 is 9.90 Å². The number of aliphatic hydroxyl groups is 1. The van der Waals surface area contributed by atoms with Crippen LogP contribution in [0.15, 0.2) is 4.34 Å². The summed E-state index contributed by atoms with van der Waals surface area (Å²) in [5, 5.41) is 18.8. The Labute approximate surface area is 83.6 Å². The molecule has 1 amide bonds. The lowest BCUT2D eigenvalue weighted by Gasteiger charge is -1.93. The monoisotopic (exact) mass is 219 g/mol. The van der Waals surface area contributed by atoms with Gasteiger partial charge in [-0.3, -0.25) is 10.1 Å². The first-order valence-corrected chi connectivity index (χ1v) is 5.43. The molecule has 1 rings (SSSR count). The van der Waals surface area contributed by atoms with Gasteiger partial charge in [-0.05, 0) is 5.75 Å². The van der Waals surface area contributed by atoms with Crippen molar-refractivity contribution in [2.45, 2.75) is 11.3 Å². The van der Waals surface area contributed by atoms with E-state index < -0.39 is 12.5 Å². The van der Waals surface area contributed by atoms with E-state index in [0.717, 1.165) is 10.1 Å². The maximum absolute atomic E-state index is 10.7. The molecular formula is C6H9N3O2S2. The third-order valence-corrected chi connectivity index (χ3v) is 2.92. The second kappa shape index (κ2) is 5.15. The van der Waals surface area contributed by atoms with E-state index in [-0.39, 0.29) is 0 Å². The molecule has 0 bridgehead atoms. The molecule has 72 valence electrons. The van der Waals surface area contributed by atoms with E-state index in [1.807, 2.05) is 6.92 Å². The van der Waals surface area contributed by atoms with Crippen LogP contribution in [0.4, 0.5) is 5.13 Å². The molecule has 0 radical (unpaired) electrons. The number of amides is 1. The van der Waals surface area contributed by atoms with E-state index in [1.54, 1.807) is 11.8 Å². The van der Waals surface area contributed by atoms with Gasteiger partial charge in [0.2, 0.25) is 5.13 Å². The number of aromatic nitrogens is 2. The van der Waals surface area contributed by atoms with Crippen molar-refractivity contribution in [3.05, 3.63) is 0 Å². The van der Waals surface area contributed by atoms with Crippen LogP contribution in [0.5, 0.6) is 0 Å². The van der Waals surface area contributed by atoms with Crippen LogP contribution in [0.1, 0.15) is 6.92 Å². The van der Waals surface area contributed by atoms with Crippen molar-refractivity contribution in [3.8, 4) is 0 Å². The van der Waals surface area contributed by atoms with E-state index in [4.69, 9.17) is 5.11 Å². The maximum atomic E-state index is 10.7. The highest BCUT2D eigenvalue weighted by Crippen LogP contribution is 2.24. The van der Waals surface area contributed by atoms with E-state index in [9.17, 15) is 4.79 Å². The van der Waals surface area contributed by atoms with E-state index in [0.29, 0.717) is 5.13 Å². The van der Waals surface area contributed by atoms with Crippen molar-refractivity contribution in [1.82, 2.24) is 10.2 Å². The summed E-state index contributed by atoms with van der Waals surface area (Å²) in [5.74, 6) is 0.451. The summed E-state index contributed by atoms with van der Waals surface area (Å²) in [4.78, 5) is 10.7. The van der Waals surface area contributed by atoms with Gasteiger partial charge < -0.3 is 5.11 Å². The smallest absolute Gasteiger partial charge is 0.251 e. The quantitative estimate of drug-likeness (QED) is 0.572. The van der Waals surface area contributed by atoms with Crippen LogP contribution in [0.3, 0.4) is 0 Å². The van der Waals surface area contributed by atoms with Crippen LogP contribution in [-0.2, 0) is 4.79 Å². The summed E-state index contributed by atoms with van der Waals surface area (Å²) in [6.07, 6.45) is 0. The molecule has 1 aromatic rings. The summed E-state index contributed by atoms with van der Waals surface area (Å²) < 4.78 is 0.815. The maximum Gasteiger partial charge on any atom is 0.251 e. The molecule has 5 nitrogen and oxygen atoms in total. The van der Waals surface area contributed by atoms with Gasteiger partial charge in [-0.25, -0.2) is 0 Å². The summed E-state index contributed by atoms with van der Waals surface area (Å²) >= 11 is 2.86. The summed E-state index contributed by atoms with van der Waals surface area (Å²) in [5.41, 5.74) is 0. The first kappa shape index (κ1) is 10.4. The number of aliphatic hydroxyl groups excluding tert-OH is 1. The molecule has 1 heterocycles. The number of anilines is 1. The standard InChI is InChI=1S/C6H9N3O2S2/c1-2-12-6-9-8-5(13-6)7-4(11)3-10/h10H,2-3H2,1H3,(H,7,8,11). The van der Waals surface area contributed by atoms with E-state index in [1.165, 1.54) is 11.3 Å². The summed E-state index contributed by atoms with van der Waals surface area (Å²) in [7, 11) is 0. The average Bonchev–Trinajstić information content (AvgIpc) is 2.53. The fraction of sp³-hybridized carbons (Fsp3) is 0.500. The second-order valence-corrected chi connectivity index (χ2v) is 4.50. The Morgan fingerprint density at radius 1 is 1.69 bits per heavy atom. The fourth-order valence-electron chi connectivity index (χ4n) is 0.601. The minimum absolute atomic E-state index is 0.426. The van der Waals surface area contributed by atoms with E-state index >= 15 is 0 Å². The SMILES string of the molecule is CCSc1nnc(NC(=O)CO)s1. The zero-order chi connectivity index (χ0) is 9.68. The number of nitrogens with one attached hydrogen (secondary N) is 1. The van der Waals surface area contributed by atoms with Gasteiger partial charge in [0.1, 0.15) is 6.61 Å². The second-order valence-electron chi connectivity index (χ2n) is 2.01. The zero-order valence-electron chi connectivity index (χ0n) is 6.98. The van der Waals surface area contributed by atoms with Gasteiger partial charge >= 0.3 is 0 Å². The van der Waals surface area contributed by atoms with Crippen molar-refractivity contribution in [1.29, 1.82) is 0 Å². The van der Waals surface area contributed by atoms with Gasteiger partial charge in [0, 0.05) is 0 Å². The third kappa shape index (κ3) is 3.29. The predicted molar refractivity (Wildman–Crippen MR) is 52.0 cm³/mol. The largest absolute Gasteiger partial charge is 0.387 e. The molecule has 2 N–H and O–H groups in total. The number of thioether (sulfide) groups is 1. The summed E-state index contributed by atoms with van der Waals surface area (Å²) in [6.45, 7) is 1.48. The molecule has 13 heavy (non-hydrogen) atoms. The van der Waals surface area contributed by atoms with Crippen molar-refractivity contribution in [2.75, 3.05) is 17.7 Å². The Balaban J connectivity index is 2.53. The Kier molecular flexibility index (Phi) is 4.13. The first-order valence-electron chi connectivity index (χ1n) is 3.63. The molecule has 0 atom stereocenters. The fourth-order valence-corrected chi connectivity index (χ4v) is 2.27. The van der Waals surface area contributed by atoms with Gasteiger partial charge in [0.25, 0.3) is 5.91 Å². The molecule has 0 fully saturated rings. The third-order valence-electron chi connectivity index (χ3n) is 1.06. The van der Waals surface area contributed by atoms with Crippen LogP contribution >= 0.6 is 23.1 Å². The van der Waals surface area contributed by atoms with E-state index in [2.05, 4.69) is 15.5 Å². The van der Waals surface area contributed by atoms with Crippen molar-refractivity contribution >= 4 is 34.1 Å². The molecule has 7 heteroatoms. The molecule has 0 aliphatic rings. The molecular weight excluding hydrogens is 210 g/mol. The van der Waals surface area contributed by atoms with Crippen LogP contribution < -0.4 is 5.32 Å². The molecule has 0 spiro atoms. The highest BCUT2D eigenvalue weighted by Gasteiger charge is 2.06. The zero-order valence-corrected chi connectivity index (χ0v) is 8.61. The predicted octanol–water partition coefficient (Wildman–Crippen LogP) is 0.581. The molecule has 0 aliphatic carbocycles. The Morgan fingerprint density at radius 2 is 2.46 bits per heavy atom. The van der Waals surface area contributed by atoms with Gasteiger partial charge in [-0.2, -0.15) is 0 Å².